The summed E-state index contributed by atoms with van der Waals surface area (Å²) in [6, 6.07) is 14.4. The maximum atomic E-state index is 13.1. The van der Waals surface area contributed by atoms with E-state index in [1.165, 1.54) is 22.9 Å². The Morgan fingerprint density at radius 2 is 1.77 bits per heavy atom. The zero-order valence-electron chi connectivity index (χ0n) is 17.4. The van der Waals surface area contributed by atoms with Crippen molar-refractivity contribution in [3.8, 4) is 22.8 Å². The second-order valence-electron chi connectivity index (χ2n) is 6.83. The Hall–Kier alpha value is -3.68. The third-order valence-electron chi connectivity index (χ3n) is 4.74. The number of benzene rings is 2. The van der Waals surface area contributed by atoms with E-state index in [-0.39, 0.29) is 30.2 Å². The van der Waals surface area contributed by atoms with Crippen molar-refractivity contribution in [2.45, 2.75) is 19.4 Å². The van der Waals surface area contributed by atoms with Gasteiger partial charge in [-0.25, -0.2) is 9.07 Å². The summed E-state index contributed by atoms with van der Waals surface area (Å²) < 4.78 is 24.8. The molecule has 8 heteroatoms. The highest BCUT2D eigenvalue weighted by Gasteiger charge is 2.08. The molecule has 31 heavy (non-hydrogen) atoms. The monoisotopic (exact) mass is 425 g/mol. The Morgan fingerprint density at radius 1 is 1.03 bits per heavy atom. The third-order valence-corrected chi connectivity index (χ3v) is 4.74. The van der Waals surface area contributed by atoms with E-state index in [1.807, 2.05) is 18.2 Å². The molecule has 0 aliphatic heterocycles. The fourth-order valence-electron chi connectivity index (χ4n) is 3.06. The molecule has 0 saturated carbocycles. The van der Waals surface area contributed by atoms with Crippen LogP contribution in [0.2, 0.25) is 0 Å². The van der Waals surface area contributed by atoms with Crippen molar-refractivity contribution in [1.29, 1.82) is 0 Å². The van der Waals surface area contributed by atoms with Gasteiger partial charge in [0.25, 0.3) is 5.56 Å². The lowest BCUT2D eigenvalue weighted by Crippen LogP contribution is -2.29. The van der Waals surface area contributed by atoms with Crippen molar-refractivity contribution < 1.29 is 18.7 Å². The number of hydrogen-bond acceptors (Lipinski definition) is 5. The molecule has 0 atom stereocenters. The number of rotatable bonds is 9. The summed E-state index contributed by atoms with van der Waals surface area (Å²) in [6.07, 6.45) is 0.746. The van der Waals surface area contributed by atoms with Gasteiger partial charge in [-0.05, 0) is 54.4 Å². The van der Waals surface area contributed by atoms with Gasteiger partial charge >= 0.3 is 0 Å². The van der Waals surface area contributed by atoms with Crippen molar-refractivity contribution in [3.05, 3.63) is 76.3 Å². The Bertz CT molecular complexity index is 1100. The van der Waals surface area contributed by atoms with Gasteiger partial charge in [-0.1, -0.05) is 6.07 Å². The van der Waals surface area contributed by atoms with E-state index in [4.69, 9.17) is 9.47 Å². The molecule has 2 aromatic carbocycles. The quantitative estimate of drug-likeness (QED) is 0.570. The fraction of sp³-hybridized carbons (Fsp3) is 0.261. The molecule has 1 aromatic heterocycles. The van der Waals surface area contributed by atoms with Gasteiger partial charge < -0.3 is 14.8 Å². The summed E-state index contributed by atoms with van der Waals surface area (Å²) in [6.45, 7) is 0.600. The van der Waals surface area contributed by atoms with Gasteiger partial charge in [-0.2, -0.15) is 5.10 Å². The van der Waals surface area contributed by atoms with E-state index in [9.17, 15) is 14.0 Å². The van der Waals surface area contributed by atoms with E-state index in [0.717, 1.165) is 5.56 Å². The van der Waals surface area contributed by atoms with Gasteiger partial charge in [0, 0.05) is 24.6 Å². The minimum Gasteiger partial charge on any atom is -0.493 e. The van der Waals surface area contributed by atoms with Crippen molar-refractivity contribution in [2.75, 3.05) is 20.8 Å². The number of methoxy groups -OCH3 is 2. The summed E-state index contributed by atoms with van der Waals surface area (Å²) in [5.74, 6) is 0.761. The van der Waals surface area contributed by atoms with Crippen molar-refractivity contribution >= 4 is 5.91 Å². The number of halogens is 1. The minimum absolute atomic E-state index is 0.117. The first kappa shape index (κ1) is 22.0. The van der Waals surface area contributed by atoms with E-state index in [0.29, 0.717) is 35.7 Å². The van der Waals surface area contributed by atoms with Crippen molar-refractivity contribution in [2.24, 2.45) is 0 Å². The molecular weight excluding hydrogens is 401 g/mol. The molecule has 0 spiro atoms. The highest BCUT2D eigenvalue weighted by molar-refractivity contribution is 5.75. The predicted octanol–water partition coefficient (Wildman–Crippen LogP) is 2.82. The molecule has 0 bridgehead atoms. The van der Waals surface area contributed by atoms with Crippen LogP contribution in [0.5, 0.6) is 11.5 Å². The fourth-order valence-corrected chi connectivity index (χ4v) is 3.06. The van der Waals surface area contributed by atoms with Crippen LogP contribution in [0.3, 0.4) is 0 Å². The van der Waals surface area contributed by atoms with Crippen LogP contribution >= 0.6 is 0 Å². The summed E-state index contributed by atoms with van der Waals surface area (Å²) >= 11 is 0. The first-order chi connectivity index (χ1) is 15.0. The van der Waals surface area contributed by atoms with Crippen LogP contribution in [0, 0.1) is 5.82 Å². The van der Waals surface area contributed by atoms with Gasteiger partial charge in [0.2, 0.25) is 5.91 Å². The molecule has 3 aromatic rings. The van der Waals surface area contributed by atoms with E-state index in [2.05, 4.69) is 10.4 Å². The van der Waals surface area contributed by atoms with E-state index >= 15 is 0 Å². The predicted molar refractivity (Wildman–Crippen MR) is 115 cm³/mol. The zero-order valence-corrected chi connectivity index (χ0v) is 17.4. The molecule has 1 amide bonds. The van der Waals surface area contributed by atoms with Gasteiger partial charge in [-0.15, -0.1) is 0 Å². The highest BCUT2D eigenvalue weighted by atomic mass is 19.1. The smallest absolute Gasteiger partial charge is 0.266 e. The SMILES string of the molecule is COc1ccc(CCNC(=O)CCn2nc(-c3ccc(F)cc3)ccc2=O)cc1OC. The summed E-state index contributed by atoms with van der Waals surface area (Å²) in [5.41, 5.74) is 1.93. The normalized spacial score (nSPS) is 10.5. The molecule has 1 N–H and O–H groups in total. The Morgan fingerprint density at radius 3 is 2.48 bits per heavy atom. The molecule has 0 radical (unpaired) electrons. The van der Waals surface area contributed by atoms with Crippen LogP contribution in [0.15, 0.2) is 59.4 Å². The number of amides is 1. The maximum Gasteiger partial charge on any atom is 0.266 e. The van der Waals surface area contributed by atoms with Crippen LogP contribution < -0.4 is 20.3 Å². The largest absolute Gasteiger partial charge is 0.493 e. The average Bonchev–Trinajstić information content (AvgIpc) is 2.79. The average molecular weight is 425 g/mol. The van der Waals surface area contributed by atoms with E-state index in [1.54, 1.807) is 32.4 Å². The molecule has 7 nitrogen and oxygen atoms in total. The molecule has 162 valence electrons. The van der Waals surface area contributed by atoms with Crippen LogP contribution in [-0.4, -0.2) is 36.5 Å². The summed E-state index contributed by atoms with van der Waals surface area (Å²) in [5, 5.41) is 7.13. The minimum atomic E-state index is -0.346. The van der Waals surface area contributed by atoms with E-state index < -0.39 is 0 Å². The number of ether oxygens (including phenoxy) is 2. The van der Waals surface area contributed by atoms with Gasteiger partial charge in [0.05, 0.1) is 26.5 Å². The zero-order chi connectivity index (χ0) is 22.2. The summed E-state index contributed by atoms with van der Waals surface area (Å²) in [4.78, 5) is 24.3. The number of nitrogens with zero attached hydrogens (tertiary/aromatic N) is 2. The molecule has 1 heterocycles. The molecule has 0 aliphatic carbocycles. The highest BCUT2D eigenvalue weighted by Crippen LogP contribution is 2.27. The van der Waals surface area contributed by atoms with Gasteiger partial charge in [0.1, 0.15) is 5.82 Å². The first-order valence-electron chi connectivity index (χ1n) is 9.82. The number of aromatic nitrogens is 2. The number of nitrogens with one attached hydrogen (secondary N) is 1. The molecule has 3 rings (SSSR count). The Balaban J connectivity index is 1.53. The van der Waals surface area contributed by atoms with Crippen LogP contribution in [0.25, 0.3) is 11.3 Å². The Kier molecular flexibility index (Phi) is 7.37. The molecule has 0 aliphatic rings. The molecular formula is C23H24FN3O4. The third kappa shape index (κ3) is 5.91. The van der Waals surface area contributed by atoms with Gasteiger partial charge in [0.15, 0.2) is 11.5 Å². The lowest BCUT2D eigenvalue weighted by molar-refractivity contribution is -0.121. The number of carbonyl (C=O) groups is 1. The molecule has 0 fully saturated rings. The second kappa shape index (κ2) is 10.4. The standard InChI is InChI=1S/C23H24FN3O4/c1-30-20-9-3-16(15-21(20)31-2)11-13-25-22(28)12-14-27-23(29)10-8-19(26-27)17-4-6-18(24)7-5-17/h3-10,15H,11-14H2,1-2H3,(H,25,28). The summed E-state index contributed by atoms with van der Waals surface area (Å²) in [7, 11) is 3.15. The van der Waals surface area contributed by atoms with Gasteiger partial charge in [-0.3, -0.25) is 9.59 Å². The number of hydrogen-bond donors (Lipinski definition) is 1. The number of aryl methyl sites for hydroxylation is 1. The maximum absolute atomic E-state index is 13.1. The lowest BCUT2D eigenvalue weighted by Gasteiger charge is -2.10. The van der Waals surface area contributed by atoms with Crippen molar-refractivity contribution in [3.63, 3.8) is 0 Å². The van der Waals surface area contributed by atoms with Crippen molar-refractivity contribution in [1.82, 2.24) is 15.1 Å². The first-order valence-corrected chi connectivity index (χ1v) is 9.82. The van der Waals surface area contributed by atoms with Crippen LogP contribution in [0.1, 0.15) is 12.0 Å². The topological polar surface area (TPSA) is 82.5 Å². The second-order valence-corrected chi connectivity index (χ2v) is 6.83. The Labute approximate surface area is 179 Å². The lowest BCUT2D eigenvalue weighted by atomic mass is 10.1. The molecule has 0 saturated heterocycles. The number of carbonyl (C=O) groups excluding carboxylic acids is 1. The molecule has 0 unspecified atom stereocenters. The van der Waals surface area contributed by atoms with Crippen LogP contribution in [-0.2, 0) is 17.8 Å². The van der Waals surface area contributed by atoms with Crippen LogP contribution in [0.4, 0.5) is 4.39 Å².